The van der Waals surface area contributed by atoms with Crippen molar-refractivity contribution in [2.24, 2.45) is 0 Å². The van der Waals surface area contributed by atoms with Gasteiger partial charge in [-0.2, -0.15) is 0 Å². The summed E-state index contributed by atoms with van der Waals surface area (Å²) in [7, 11) is -2.08. The van der Waals surface area contributed by atoms with Crippen molar-refractivity contribution in [2.75, 3.05) is 13.2 Å². The quantitative estimate of drug-likeness (QED) is 0.294. The SMILES string of the molecule is CC(C)[Si](OCC1=C(C[N+](=O)[O-])CC(=O)O1)(C(C)C)C(C)C. The van der Waals surface area contributed by atoms with Gasteiger partial charge in [0.25, 0.3) is 0 Å². The molecule has 126 valence electrons. The van der Waals surface area contributed by atoms with Gasteiger partial charge in [-0.05, 0) is 16.6 Å². The Balaban J connectivity index is 2.96. The Bertz CT molecular complexity index is 449. The van der Waals surface area contributed by atoms with E-state index in [1.807, 2.05) is 0 Å². The van der Waals surface area contributed by atoms with Crippen LogP contribution in [0.4, 0.5) is 0 Å². The molecule has 0 radical (unpaired) electrons. The maximum atomic E-state index is 11.4. The molecule has 1 aliphatic heterocycles. The van der Waals surface area contributed by atoms with E-state index in [0.29, 0.717) is 28.0 Å². The van der Waals surface area contributed by atoms with Crippen molar-refractivity contribution in [3.63, 3.8) is 0 Å². The van der Waals surface area contributed by atoms with E-state index in [2.05, 4.69) is 41.5 Å². The van der Waals surface area contributed by atoms with Gasteiger partial charge >= 0.3 is 5.97 Å². The van der Waals surface area contributed by atoms with Crippen LogP contribution in [0.3, 0.4) is 0 Å². The fraction of sp³-hybridized carbons (Fsp3) is 0.800. The molecule has 0 aromatic heterocycles. The first kappa shape index (κ1) is 18.8. The average Bonchev–Trinajstić information content (AvgIpc) is 2.67. The summed E-state index contributed by atoms with van der Waals surface area (Å²) in [5, 5.41) is 10.7. The van der Waals surface area contributed by atoms with E-state index in [9.17, 15) is 14.9 Å². The highest BCUT2D eigenvalue weighted by molar-refractivity contribution is 6.77. The van der Waals surface area contributed by atoms with Gasteiger partial charge in [0.15, 0.2) is 0 Å². The van der Waals surface area contributed by atoms with E-state index in [-0.39, 0.29) is 19.6 Å². The molecule has 1 heterocycles. The number of nitrogens with zero attached hydrogens (tertiary/aromatic N) is 1. The van der Waals surface area contributed by atoms with Gasteiger partial charge in [-0.25, -0.2) is 0 Å². The molecule has 0 spiro atoms. The summed E-state index contributed by atoms with van der Waals surface area (Å²) in [5.41, 5.74) is 1.66. The van der Waals surface area contributed by atoms with Crippen LogP contribution in [0.2, 0.25) is 16.6 Å². The highest BCUT2D eigenvalue weighted by Crippen LogP contribution is 2.42. The molecule has 0 aromatic rings. The summed E-state index contributed by atoms with van der Waals surface area (Å²) < 4.78 is 11.5. The predicted octanol–water partition coefficient (Wildman–Crippen LogP) is 3.66. The fourth-order valence-corrected chi connectivity index (χ4v) is 9.02. The Hall–Kier alpha value is -1.21. The molecule has 0 N–H and O–H groups in total. The van der Waals surface area contributed by atoms with E-state index in [4.69, 9.17) is 9.16 Å². The van der Waals surface area contributed by atoms with E-state index in [0.717, 1.165) is 0 Å². The number of esters is 1. The minimum atomic E-state index is -2.08. The summed E-state index contributed by atoms with van der Waals surface area (Å²) in [6.07, 6.45) is -0.000730. The van der Waals surface area contributed by atoms with Crippen LogP contribution in [-0.4, -0.2) is 32.4 Å². The highest BCUT2D eigenvalue weighted by Gasteiger charge is 2.45. The highest BCUT2D eigenvalue weighted by atomic mass is 28.4. The fourth-order valence-electron chi connectivity index (χ4n) is 3.64. The maximum absolute atomic E-state index is 11.4. The van der Waals surface area contributed by atoms with Crippen molar-refractivity contribution >= 4 is 14.3 Å². The molecule has 6 nitrogen and oxygen atoms in total. The van der Waals surface area contributed by atoms with Crippen LogP contribution < -0.4 is 0 Å². The summed E-state index contributed by atoms with van der Waals surface area (Å²) in [5.74, 6) is -0.0816. The molecule has 0 unspecified atom stereocenters. The Labute approximate surface area is 133 Å². The van der Waals surface area contributed by atoms with Crippen LogP contribution in [-0.2, 0) is 14.0 Å². The summed E-state index contributed by atoms with van der Waals surface area (Å²) in [6.45, 7) is 12.8. The molecular formula is C15H27NO5Si. The van der Waals surface area contributed by atoms with E-state index < -0.39 is 19.2 Å². The molecule has 0 atom stereocenters. The van der Waals surface area contributed by atoms with E-state index in [1.165, 1.54) is 0 Å². The molecule has 1 rings (SSSR count). The number of cyclic esters (lactones) is 1. The lowest BCUT2D eigenvalue weighted by Gasteiger charge is -2.42. The van der Waals surface area contributed by atoms with Crippen molar-refractivity contribution < 1.29 is 18.9 Å². The molecule has 7 heteroatoms. The van der Waals surface area contributed by atoms with Crippen LogP contribution in [0.5, 0.6) is 0 Å². The minimum Gasteiger partial charge on any atom is -0.428 e. The average molecular weight is 329 g/mol. The van der Waals surface area contributed by atoms with Gasteiger partial charge in [0.05, 0.1) is 18.6 Å². The van der Waals surface area contributed by atoms with E-state index >= 15 is 0 Å². The Morgan fingerprint density at radius 2 is 1.68 bits per heavy atom. The van der Waals surface area contributed by atoms with Crippen LogP contribution in [0.1, 0.15) is 48.0 Å². The molecule has 0 aromatic carbocycles. The van der Waals surface area contributed by atoms with Gasteiger partial charge in [0.1, 0.15) is 5.76 Å². The first-order chi connectivity index (χ1) is 10.1. The molecule has 0 aliphatic carbocycles. The zero-order chi connectivity index (χ0) is 17.1. The normalized spacial score (nSPS) is 16.1. The topological polar surface area (TPSA) is 78.7 Å². The van der Waals surface area contributed by atoms with Gasteiger partial charge in [-0.15, -0.1) is 0 Å². The molecule has 0 fully saturated rings. The predicted molar refractivity (Wildman–Crippen MR) is 86.6 cm³/mol. The van der Waals surface area contributed by atoms with Gasteiger partial charge in [0.2, 0.25) is 14.9 Å². The molecular weight excluding hydrogens is 302 g/mol. The third-order valence-electron chi connectivity index (χ3n) is 4.47. The van der Waals surface area contributed by atoms with Crippen LogP contribution in [0, 0.1) is 10.1 Å². The molecule has 22 heavy (non-hydrogen) atoms. The number of rotatable bonds is 8. The molecule has 0 saturated heterocycles. The largest absolute Gasteiger partial charge is 0.428 e. The Morgan fingerprint density at radius 3 is 2.09 bits per heavy atom. The van der Waals surface area contributed by atoms with Crippen molar-refractivity contribution in [3.8, 4) is 0 Å². The van der Waals surface area contributed by atoms with E-state index in [1.54, 1.807) is 0 Å². The van der Waals surface area contributed by atoms with Crippen LogP contribution >= 0.6 is 0 Å². The second-order valence-corrected chi connectivity index (χ2v) is 12.2. The Kier molecular flexibility index (Phi) is 6.31. The van der Waals surface area contributed by atoms with Gasteiger partial charge < -0.3 is 9.16 Å². The minimum absolute atomic E-state index is 0.000730. The second kappa shape index (κ2) is 7.37. The van der Waals surface area contributed by atoms with Crippen molar-refractivity contribution in [1.82, 2.24) is 0 Å². The summed E-state index contributed by atoms with van der Waals surface area (Å²) >= 11 is 0. The molecule has 0 amide bonds. The number of carbonyl (C=O) groups excluding carboxylic acids is 1. The maximum Gasteiger partial charge on any atom is 0.315 e. The zero-order valence-electron chi connectivity index (χ0n) is 14.3. The number of ether oxygens (including phenoxy) is 1. The lowest BCUT2D eigenvalue weighted by atomic mass is 10.2. The van der Waals surface area contributed by atoms with Crippen LogP contribution in [0.15, 0.2) is 11.3 Å². The molecule has 0 saturated carbocycles. The van der Waals surface area contributed by atoms with Crippen molar-refractivity contribution in [3.05, 3.63) is 21.4 Å². The monoisotopic (exact) mass is 329 g/mol. The smallest absolute Gasteiger partial charge is 0.315 e. The van der Waals surface area contributed by atoms with Crippen LogP contribution in [0.25, 0.3) is 0 Å². The third kappa shape index (κ3) is 3.95. The number of nitro groups is 1. The standard InChI is InChI=1S/C15H27NO5Si/c1-10(2)22(11(3)4,12(5)6)20-9-14-13(8-16(18)19)7-15(17)21-14/h10-12H,7-9H2,1-6H3. The third-order valence-corrected chi connectivity index (χ3v) is 10.5. The molecule has 0 bridgehead atoms. The number of hydrogen-bond donors (Lipinski definition) is 0. The lowest BCUT2D eigenvalue weighted by molar-refractivity contribution is -0.471. The van der Waals surface area contributed by atoms with Crippen molar-refractivity contribution in [1.29, 1.82) is 0 Å². The molecule has 1 aliphatic rings. The van der Waals surface area contributed by atoms with Crippen molar-refractivity contribution in [2.45, 2.75) is 64.6 Å². The number of hydrogen-bond acceptors (Lipinski definition) is 5. The van der Waals surface area contributed by atoms with Gasteiger partial charge in [0, 0.05) is 4.92 Å². The zero-order valence-corrected chi connectivity index (χ0v) is 15.3. The van der Waals surface area contributed by atoms with Gasteiger partial charge in [-0.3, -0.25) is 14.9 Å². The lowest BCUT2D eigenvalue weighted by Crippen LogP contribution is -2.48. The Morgan fingerprint density at radius 1 is 1.18 bits per heavy atom. The second-order valence-electron chi connectivity index (χ2n) is 6.77. The van der Waals surface area contributed by atoms with Gasteiger partial charge in [-0.1, -0.05) is 41.5 Å². The summed E-state index contributed by atoms with van der Waals surface area (Å²) in [4.78, 5) is 21.7. The first-order valence-electron chi connectivity index (χ1n) is 7.78. The number of carbonyl (C=O) groups is 1. The summed E-state index contributed by atoms with van der Waals surface area (Å²) in [6, 6.07) is 0. The first-order valence-corrected chi connectivity index (χ1v) is 9.92.